The average Bonchev–Trinajstić information content (AvgIpc) is 3.39. The molecule has 1 amide bonds. The number of ether oxygens (including phenoxy) is 2. The minimum absolute atomic E-state index is 0.102. The van der Waals surface area contributed by atoms with Crippen LogP contribution in [0.2, 0.25) is 0 Å². The number of thioether (sulfide) groups is 1. The van der Waals surface area contributed by atoms with Crippen molar-refractivity contribution in [2.45, 2.75) is 31.9 Å². The molecule has 1 aliphatic rings. The van der Waals surface area contributed by atoms with Crippen molar-refractivity contribution in [1.82, 2.24) is 10.3 Å². The predicted octanol–water partition coefficient (Wildman–Crippen LogP) is 4.60. The summed E-state index contributed by atoms with van der Waals surface area (Å²) in [7, 11) is 1.60. The first-order valence-electron chi connectivity index (χ1n) is 9.94. The fourth-order valence-electron chi connectivity index (χ4n) is 3.32. The first-order chi connectivity index (χ1) is 15.1. The lowest BCUT2D eigenvalue weighted by Gasteiger charge is -2.12. The number of hydrogen-bond donors (Lipinski definition) is 1. The standard InChI is InChI=1S/C23H22N2O5S/c1-28-20-12-15(6-5-9-18-22(26)31-23(27)25-18)10-11-19(20)29-13-17-14-30-21(24-17)16-7-3-2-4-8-16/h2-4,7-8,10-12,14,18H,5-6,9,13H2,1H3,(H,25,27). The van der Waals surface area contributed by atoms with Gasteiger partial charge in [-0.25, -0.2) is 4.98 Å². The number of carbonyl (C=O) groups is 2. The van der Waals surface area contributed by atoms with E-state index >= 15 is 0 Å². The Bertz CT molecular complexity index is 1070. The van der Waals surface area contributed by atoms with Gasteiger partial charge in [0.05, 0.1) is 13.2 Å². The van der Waals surface area contributed by atoms with Crippen molar-refractivity contribution in [3.8, 4) is 23.0 Å². The normalized spacial score (nSPS) is 15.7. The SMILES string of the molecule is COc1cc(CCCC2NC(=O)SC2=O)ccc1OCc1coc(-c2ccccc2)n1. The van der Waals surface area contributed by atoms with Gasteiger partial charge in [-0.05, 0) is 49.1 Å². The Balaban J connectivity index is 1.32. The van der Waals surface area contributed by atoms with Gasteiger partial charge in [-0.1, -0.05) is 24.3 Å². The van der Waals surface area contributed by atoms with Crippen molar-refractivity contribution in [2.75, 3.05) is 7.11 Å². The van der Waals surface area contributed by atoms with Crippen LogP contribution in [0.15, 0.2) is 59.2 Å². The summed E-state index contributed by atoms with van der Waals surface area (Å²) < 4.78 is 16.9. The van der Waals surface area contributed by atoms with Gasteiger partial charge in [0.25, 0.3) is 5.24 Å². The van der Waals surface area contributed by atoms with Gasteiger partial charge in [-0.3, -0.25) is 9.59 Å². The van der Waals surface area contributed by atoms with Gasteiger partial charge >= 0.3 is 0 Å². The second kappa shape index (κ2) is 9.70. The molecule has 1 unspecified atom stereocenters. The van der Waals surface area contributed by atoms with Crippen LogP contribution in [-0.2, 0) is 17.8 Å². The quantitative estimate of drug-likeness (QED) is 0.522. The molecule has 0 saturated carbocycles. The third kappa shape index (κ3) is 5.27. The molecule has 0 aliphatic carbocycles. The number of nitrogens with one attached hydrogen (secondary N) is 1. The van der Waals surface area contributed by atoms with Crippen molar-refractivity contribution >= 4 is 22.1 Å². The minimum Gasteiger partial charge on any atom is -0.493 e. The van der Waals surface area contributed by atoms with E-state index in [0.29, 0.717) is 29.5 Å². The highest BCUT2D eigenvalue weighted by atomic mass is 32.2. The number of hydrogen-bond acceptors (Lipinski definition) is 7. The highest BCUT2D eigenvalue weighted by molar-refractivity contribution is 8.26. The first-order valence-corrected chi connectivity index (χ1v) is 10.8. The smallest absolute Gasteiger partial charge is 0.287 e. The summed E-state index contributed by atoms with van der Waals surface area (Å²) in [5, 5.41) is 2.32. The monoisotopic (exact) mass is 438 g/mol. The second-order valence-electron chi connectivity index (χ2n) is 7.08. The van der Waals surface area contributed by atoms with Crippen LogP contribution in [0.4, 0.5) is 4.79 Å². The van der Waals surface area contributed by atoms with E-state index in [9.17, 15) is 9.59 Å². The summed E-state index contributed by atoms with van der Waals surface area (Å²) >= 11 is 0.749. The molecule has 2 aromatic carbocycles. The molecule has 0 radical (unpaired) electrons. The van der Waals surface area contributed by atoms with Gasteiger partial charge in [-0.15, -0.1) is 0 Å². The van der Waals surface area contributed by atoms with E-state index < -0.39 is 0 Å². The van der Waals surface area contributed by atoms with Gasteiger partial charge in [0.15, 0.2) is 11.5 Å². The Kier molecular flexibility index (Phi) is 6.57. The maximum atomic E-state index is 11.7. The molecule has 31 heavy (non-hydrogen) atoms. The van der Waals surface area contributed by atoms with Crippen LogP contribution < -0.4 is 14.8 Å². The number of amides is 1. The number of benzene rings is 2. The third-order valence-electron chi connectivity index (χ3n) is 4.90. The number of aryl methyl sites for hydroxylation is 1. The second-order valence-corrected chi connectivity index (χ2v) is 8.06. The molecule has 1 N–H and O–H groups in total. The fourth-order valence-corrected chi connectivity index (χ4v) is 4.02. The molecule has 8 heteroatoms. The minimum atomic E-state index is -0.384. The molecule has 7 nitrogen and oxygen atoms in total. The maximum absolute atomic E-state index is 11.7. The molecule has 1 saturated heterocycles. The van der Waals surface area contributed by atoms with Crippen LogP contribution in [0, 0.1) is 0 Å². The van der Waals surface area contributed by atoms with E-state index in [4.69, 9.17) is 13.9 Å². The number of nitrogens with zero attached hydrogens (tertiary/aromatic N) is 1. The van der Waals surface area contributed by atoms with Crippen LogP contribution in [0.1, 0.15) is 24.1 Å². The molecule has 160 valence electrons. The van der Waals surface area contributed by atoms with E-state index in [1.54, 1.807) is 13.4 Å². The molecule has 1 atom stereocenters. The van der Waals surface area contributed by atoms with Crippen molar-refractivity contribution < 1.29 is 23.5 Å². The highest BCUT2D eigenvalue weighted by Crippen LogP contribution is 2.30. The predicted molar refractivity (Wildman–Crippen MR) is 117 cm³/mol. The molecule has 4 rings (SSSR count). The Morgan fingerprint density at radius 2 is 1.97 bits per heavy atom. The molecule has 1 aliphatic heterocycles. The van der Waals surface area contributed by atoms with E-state index in [2.05, 4.69) is 10.3 Å². The summed E-state index contributed by atoms with van der Waals surface area (Å²) in [6.07, 6.45) is 3.76. The van der Waals surface area contributed by atoms with E-state index in [-0.39, 0.29) is 23.0 Å². The summed E-state index contributed by atoms with van der Waals surface area (Å²) in [4.78, 5) is 27.4. The van der Waals surface area contributed by atoms with Gasteiger partial charge in [0.2, 0.25) is 11.0 Å². The largest absolute Gasteiger partial charge is 0.493 e. The molecule has 1 fully saturated rings. The fraction of sp³-hybridized carbons (Fsp3) is 0.261. The Hall–Kier alpha value is -3.26. The van der Waals surface area contributed by atoms with Crippen molar-refractivity contribution in [3.05, 3.63) is 66.1 Å². The van der Waals surface area contributed by atoms with Crippen molar-refractivity contribution in [3.63, 3.8) is 0 Å². The molecular weight excluding hydrogens is 416 g/mol. The maximum Gasteiger partial charge on any atom is 0.287 e. The number of rotatable bonds is 9. The number of aromatic nitrogens is 1. The van der Waals surface area contributed by atoms with Crippen LogP contribution in [-0.4, -0.2) is 28.5 Å². The zero-order valence-electron chi connectivity index (χ0n) is 17.0. The van der Waals surface area contributed by atoms with Gasteiger partial charge in [0, 0.05) is 17.3 Å². The molecule has 2 heterocycles. The first kappa shape index (κ1) is 21.0. The van der Waals surface area contributed by atoms with Gasteiger partial charge in [0.1, 0.15) is 18.6 Å². The topological polar surface area (TPSA) is 90.7 Å². The summed E-state index contributed by atoms with van der Waals surface area (Å²) in [6.45, 7) is 0.257. The van der Waals surface area contributed by atoms with Gasteiger partial charge in [-0.2, -0.15) is 0 Å². The molecular formula is C23H22N2O5S. The van der Waals surface area contributed by atoms with Crippen molar-refractivity contribution in [1.29, 1.82) is 0 Å². The van der Waals surface area contributed by atoms with Crippen LogP contribution >= 0.6 is 11.8 Å². The van der Waals surface area contributed by atoms with E-state index in [0.717, 1.165) is 35.7 Å². The lowest BCUT2D eigenvalue weighted by molar-refractivity contribution is -0.112. The molecule has 0 spiro atoms. The Morgan fingerprint density at radius 3 is 2.71 bits per heavy atom. The number of carbonyl (C=O) groups excluding carboxylic acids is 2. The van der Waals surface area contributed by atoms with Gasteiger partial charge < -0.3 is 19.2 Å². The van der Waals surface area contributed by atoms with Crippen LogP contribution in [0.5, 0.6) is 11.5 Å². The van der Waals surface area contributed by atoms with Crippen LogP contribution in [0.25, 0.3) is 11.5 Å². The lowest BCUT2D eigenvalue weighted by Crippen LogP contribution is -2.28. The third-order valence-corrected chi connectivity index (χ3v) is 5.69. The van der Waals surface area contributed by atoms with Crippen molar-refractivity contribution in [2.24, 2.45) is 0 Å². The summed E-state index contributed by atoms with van der Waals surface area (Å²) in [5.41, 5.74) is 2.67. The number of oxazole rings is 1. The highest BCUT2D eigenvalue weighted by Gasteiger charge is 2.30. The van der Waals surface area contributed by atoms with E-state index in [1.165, 1.54) is 0 Å². The zero-order valence-corrected chi connectivity index (χ0v) is 17.8. The zero-order chi connectivity index (χ0) is 21.6. The van der Waals surface area contributed by atoms with Crippen LogP contribution in [0.3, 0.4) is 0 Å². The Labute approximate surface area is 184 Å². The average molecular weight is 439 g/mol. The summed E-state index contributed by atoms with van der Waals surface area (Å²) in [5.74, 6) is 1.80. The molecule has 0 bridgehead atoms. The van der Waals surface area contributed by atoms with E-state index in [1.807, 2.05) is 48.5 Å². The lowest BCUT2D eigenvalue weighted by atomic mass is 10.0. The molecule has 3 aromatic rings. The number of methoxy groups -OCH3 is 1. The summed E-state index contributed by atoms with van der Waals surface area (Å²) in [6, 6.07) is 15.1. The Morgan fingerprint density at radius 1 is 1.13 bits per heavy atom. The molecule has 1 aromatic heterocycles.